The summed E-state index contributed by atoms with van der Waals surface area (Å²) in [6, 6.07) is 13.2. The molecule has 0 aliphatic carbocycles. The van der Waals surface area contributed by atoms with Crippen LogP contribution in [0.3, 0.4) is 0 Å². The fraction of sp³-hybridized carbons (Fsp3) is 0.350. The van der Waals surface area contributed by atoms with Crippen LogP contribution in [0.5, 0.6) is 11.5 Å². The molecule has 6 heteroatoms. The lowest BCUT2D eigenvalue weighted by Crippen LogP contribution is -2.36. The van der Waals surface area contributed by atoms with Crippen LogP contribution in [0.15, 0.2) is 42.5 Å². The van der Waals surface area contributed by atoms with Crippen molar-refractivity contribution in [3.8, 4) is 11.5 Å². The van der Waals surface area contributed by atoms with Crippen LogP contribution in [0.2, 0.25) is 0 Å². The van der Waals surface area contributed by atoms with E-state index >= 15 is 0 Å². The number of hydrogen-bond acceptors (Lipinski definition) is 4. The Bertz CT molecular complexity index is 730. The number of amides is 2. The van der Waals surface area contributed by atoms with E-state index in [2.05, 4.69) is 22.3 Å². The van der Waals surface area contributed by atoms with Gasteiger partial charge in [-0.2, -0.15) is 0 Å². The smallest absolute Gasteiger partial charge is 0.317 e. The lowest BCUT2D eigenvalue weighted by Gasteiger charge is -2.18. The van der Waals surface area contributed by atoms with Crippen LogP contribution >= 0.6 is 0 Å². The first-order valence-electron chi connectivity index (χ1n) is 8.46. The van der Waals surface area contributed by atoms with E-state index in [9.17, 15) is 9.90 Å². The molecule has 0 radical (unpaired) electrons. The van der Waals surface area contributed by atoms with E-state index in [4.69, 9.17) is 4.74 Å². The molecule has 0 fully saturated rings. The van der Waals surface area contributed by atoms with Gasteiger partial charge in [0.2, 0.25) is 0 Å². The largest absolute Gasteiger partial charge is 0.504 e. The van der Waals surface area contributed by atoms with Gasteiger partial charge in [0.15, 0.2) is 11.5 Å². The third kappa shape index (κ3) is 5.67. The fourth-order valence-corrected chi connectivity index (χ4v) is 2.62. The second-order valence-corrected chi connectivity index (χ2v) is 6.58. The maximum absolute atomic E-state index is 12.3. The normalized spacial score (nSPS) is 10.7. The number of ether oxygens (including phenoxy) is 1. The molecule has 2 amide bonds. The van der Waals surface area contributed by atoms with E-state index in [0.29, 0.717) is 18.8 Å². The summed E-state index contributed by atoms with van der Waals surface area (Å²) >= 11 is 0. The molecule has 0 aliphatic heterocycles. The number of methoxy groups -OCH3 is 1. The van der Waals surface area contributed by atoms with Gasteiger partial charge in [0.05, 0.1) is 7.11 Å². The molecule has 0 bridgehead atoms. The predicted octanol–water partition coefficient (Wildman–Crippen LogP) is 2.80. The highest BCUT2D eigenvalue weighted by Gasteiger charge is 2.10. The maximum Gasteiger partial charge on any atom is 0.317 e. The number of nitrogens with zero attached hydrogens (tertiary/aromatic N) is 2. The summed E-state index contributed by atoms with van der Waals surface area (Å²) in [5.41, 5.74) is 3.12. The monoisotopic (exact) mass is 357 g/mol. The van der Waals surface area contributed by atoms with Gasteiger partial charge in [0.1, 0.15) is 0 Å². The molecule has 6 nitrogen and oxygen atoms in total. The number of hydrogen-bond donors (Lipinski definition) is 2. The minimum Gasteiger partial charge on any atom is -0.504 e. The molecule has 140 valence electrons. The number of phenolic OH excluding ortho intramolecular Hbond substituents is 1. The fourth-order valence-electron chi connectivity index (χ4n) is 2.62. The van der Waals surface area contributed by atoms with Crippen molar-refractivity contribution >= 4 is 6.03 Å². The lowest BCUT2D eigenvalue weighted by molar-refractivity contribution is 0.206. The zero-order chi connectivity index (χ0) is 19.1. The van der Waals surface area contributed by atoms with Gasteiger partial charge in [-0.15, -0.1) is 0 Å². The Hall–Kier alpha value is -2.73. The molecule has 2 N–H and O–H groups in total. The van der Waals surface area contributed by atoms with Crippen molar-refractivity contribution in [2.45, 2.75) is 19.6 Å². The van der Waals surface area contributed by atoms with E-state index in [1.54, 1.807) is 24.1 Å². The van der Waals surface area contributed by atoms with E-state index < -0.39 is 0 Å². The molecule has 0 atom stereocenters. The molecule has 2 aromatic rings. The molecule has 2 aromatic carbocycles. The average molecular weight is 357 g/mol. The summed E-state index contributed by atoms with van der Waals surface area (Å²) in [5, 5.41) is 12.7. The second kappa shape index (κ2) is 9.10. The molecule has 2 rings (SSSR count). The summed E-state index contributed by atoms with van der Waals surface area (Å²) in [5.74, 6) is 0.482. The molecule has 0 unspecified atom stereocenters. The van der Waals surface area contributed by atoms with Gasteiger partial charge < -0.3 is 25.0 Å². The Morgan fingerprint density at radius 3 is 2.19 bits per heavy atom. The Kier molecular flexibility index (Phi) is 6.86. The topological polar surface area (TPSA) is 65.0 Å². The highest BCUT2D eigenvalue weighted by molar-refractivity contribution is 5.73. The number of rotatable bonds is 7. The standard InChI is InChI=1S/C20H27N3O3/c1-22(2)13-16-7-5-15(6-8-16)12-21-20(25)23(3)14-17-9-10-19(26-4)18(24)11-17/h5-11,24H,12-14H2,1-4H3,(H,21,25). The lowest BCUT2D eigenvalue weighted by atomic mass is 10.1. The molecule has 0 saturated carbocycles. The van der Waals surface area contributed by atoms with Crippen molar-refractivity contribution in [3.05, 3.63) is 59.2 Å². The molecule has 0 spiro atoms. The van der Waals surface area contributed by atoms with Crippen LogP contribution in [0, 0.1) is 0 Å². The molecule has 0 saturated heterocycles. The number of aromatic hydroxyl groups is 1. The van der Waals surface area contributed by atoms with Crippen LogP contribution in [0.1, 0.15) is 16.7 Å². The maximum atomic E-state index is 12.3. The molecule has 0 aliphatic rings. The Labute approximate surface area is 155 Å². The Balaban J connectivity index is 1.86. The Morgan fingerprint density at radius 1 is 1.00 bits per heavy atom. The van der Waals surface area contributed by atoms with E-state index in [1.165, 1.54) is 12.7 Å². The minimum absolute atomic E-state index is 0.0663. The van der Waals surface area contributed by atoms with Gasteiger partial charge in [-0.3, -0.25) is 0 Å². The first kappa shape index (κ1) is 19.6. The van der Waals surface area contributed by atoms with Crippen LogP contribution in [-0.4, -0.2) is 49.2 Å². The highest BCUT2D eigenvalue weighted by Crippen LogP contribution is 2.26. The Morgan fingerprint density at radius 2 is 1.62 bits per heavy atom. The first-order valence-corrected chi connectivity index (χ1v) is 8.46. The van der Waals surface area contributed by atoms with E-state index in [1.807, 2.05) is 32.3 Å². The van der Waals surface area contributed by atoms with Crippen molar-refractivity contribution in [1.29, 1.82) is 0 Å². The van der Waals surface area contributed by atoms with Gasteiger partial charge >= 0.3 is 6.03 Å². The summed E-state index contributed by atoms with van der Waals surface area (Å²) in [6.45, 7) is 1.76. The van der Waals surface area contributed by atoms with Crippen molar-refractivity contribution in [3.63, 3.8) is 0 Å². The molecule has 0 aromatic heterocycles. The molecule has 26 heavy (non-hydrogen) atoms. The number of nitrogens with one attached hydrogen (secondary N) is 1. The van der Waals surface area contributed by atoms with Crippen molar-refractivity contribution < 1.29 is 14.6 Å². The van der Waals surface area contributed by atoms with Crippen LogP contribution in [0.4, 0.5) is 4.79 Å². The second-order valence-electron chi connectivity index (χ2n) is 6.58. The number of benzene rings is 2. The van der Waals surface area contributed by atoms with Crippen LogP contribution in [0.25, 0.3) is 0 Å². The minimum atomic E-state index is -0.169. The third-order valence-corrected chi connectivity index (χ3v) is 3.98. The molecule has 0 heterocycles. The molecular formula is C20H27N3O3. The van der Waals surface area contributed by atoms with Gasteiger partial charge in [0, 0.05) is 26.7 Å². The summed E-state index contributed by atoms with van der Waals surface area (Å²) in [6.07, 6.45) is 0. The predicted molar refractivity (Wildman–Crippen MR) is 102 cm³/mol. The average Bonchev–Trinajstić information content (AvgIpc) is 2.60. The van der Waals surface area contributed by atoms with Gasteiger partial charge in [-0.05, 0) is 42.9 Å². The number of carbonyl (C=O) groups is 1. The zero-order valence-corrected chi connectivity index (χ0v) is 15.8. The molecular weight excluding hydrogens is 330 g/mol. The van der Waals surface area contributed by atoms with Crippen molar-refractivity contribution in [2.24, 2.45) is 0 Å². The quantitative estimate of drug-likeness (QED) is 0.800. The zero-order valence-electron chi connectivity index (χ0n) is 15.8. The summed E-state index contributed by atoms with van der Waals surface area (Å²) < 4.78 is 5.02. The van der Waals surface area contributed by atoms with Gasteiger partial charge in [-0.25, -0.2) is 4.79 Å². The first-order chi connectivity index (χ1) is 12.4. The van der Waals surface area contributed by atoms with E-state index in [-0.39, 0.29) is 11.8 Å². The van der Waals surface area contributed by atoms with Crippen molar-refractivity contribution in [2.75, 3.05) is 28.3 Å². The van der Waals surface area contributed by atoms with Gasteiger partial charge in [0.25, 0.3) is 0 Å². The third-order valence-electron chi connectivity index (χ3n) is 3.98. The number of carbonyl (C=O) groups excluding carboxylic acids is 1. The number of phenols is 1. The van der Waals surface area contributed by atoms with E-state index in [0.717, 1.165) is 17.7 Å². The summed E-state index contributed by atoms with van der Waals surface area (Å²) in [4.78, 5) is 15.9. The van der Waals surface area contributed by atoms with Crippen LogP contribution < -0.4 is 10.1 Å². The van der Waals surface area contributed by atoms with Crippen molar-refractivity contribution in [1.82, 2.24) is 15.1 Å². The number of urea groups is 1. The summed E-state index contributed by atoms with van der Waals surface area (Å²) in [7, 11) is 7.29. The highest BCUT2D eigenvalue weighted by atomic mass is 16.5. The van der Waals surface area contributed by atoms with Gasteiger partial charge in [-0.1, -0.05) is 30.3 Å². The SMILES string of the molecule is COc1ccc(CN(C)C(=O)NCc2ccc(CN(C)C)cc2)cc1O. The van der Waals surface area contributed by atoms with Crippen LogP contribution in [-0.2, 0) is 19.6 Å².